The van der Waals surface area contributed by atoms with Gasteiger partial charge in [0.2, 0.25) is 5.91 Å². The SMILES string of the molecule is CC/C(C)=C\C(=O)Nc1ccc(OC)cc1. The molecule has 0 radical (unpaired) electrons. The molecule has 0 spiro atoms. The number of nitrogens with one attached hydrogen (secondary N) is 1. The average Bonchev–Trinajstić information content (AvgIpc) is 2.29. The number of carbonyl (C=O) groups excluding carboxylic acids is 1. The first-order valence-corrected chi connectivity index (χ1v) is 5.28. The molecule has 3 heteroatoms. The Morgan fingerprint density at radius 2 is 2.00 bits per heavy atom. The zero-order valence-electron chi connectivity index (χ0n) is 9.91. The van der Waals surface area contributed by atoms with Crippen LogP contribution >= 0.6 is 0 Å². The predicted octanol–water partition coefficient (Wildman–Crippen LogP) is 2.99. The van der Waals surface area contributed by atoms with Gasteiger partial charge in [0.15, 0.2) is 0 Å². The van der Waals surface area contributed by atoms with Crippen molar-refractivity contribution >= 4 is 11.6 Å². The summed E-state index contributed by atoms with van der Waals surface area (Å²) in [5.74, 6) is 0.683. The van der Waals surface area contributed by atoms with Crippen molar-refractivity contribution in [2.24, 2.45) is 0 Å². The number of carbonyl (C=O) groups is 1. The van der Waals surface area contributed by atoms with Gasteiger partial charge in [0, 0.05) is 11.8 Å². The van der Waals surface area contributed by atoms with E-state index in [-0.39, 0.29) is 5.91 Å². The Labute approximate surface area is 96.1 Å². The Morgan fingerprint density at radius 3 is 2.50 bits per heavy atom. The van der Waals surface area contributed by atoms with Gasteiger partial charge in [-0.25, -0.2) is 0 Å². The highest BCUT2D eigenvalue weighted by molar-refractivity contribution is 5.99. The second-order valence-electron chi connectivity index (χ2n) is 3.56. The summed E-state index contributed by atoms with van der Waals surface area (Å²) in [4.78, 5) is 11.5. The van der Waals surface area contributed by atoms with Gasteiger partial charge in [-0.1, -0.05) is 12.5 Å². The molecule has 0 unspecified atom stereocenters. The van der Waals surface area contributed by atoms with Gasteiger partial charge in [0.1, 0.15) is 5.75 Å². The normalized spacial score (nSPS) is 11.1. The Balaban J connectivity index is 2.63. The molecule has 0 atom stereocenters. The van der Waals surface area contributed by atoms with Gasteiger partial charge in [0.05, 0.1) is 7.11 Å². The molecule has 0 bridgehead atoms. The molecule has 1 amide bonds. The second kappa shape index (κ2) is 5.95. The van der Waals surface area contributed by atoms with Crippen LogP contribution in [0.25, 0.3) is 0 Å². The zero-order valence-corrected chi connectivity index (χ0v) is 9.91. The fraction of sp³-hybridized carbons (Fsp3) is 0.308. The molecule has 0 saturated carbocycles. The maximum atomic E-state index is 11.5. The van der Waals surface area contributed by atoms with Crippen molar-refractivity contribution in [3.05, 3.63) is 35.9 Å². The lowest BCUT2D eigenvalue weighted by molar-refractivity contribution is -0.112. The van der Waals surface area contributed by atoms with Crippen LogP contribution in [0.5, 0.6) is 5.75 Å². The first-order chi connectivity index (χ1) is 7.65. The summed E-state index contributed by atoms with van der Waals surface area (Å²) in [7, 11) is 1.61. The van der Waals surface area contributed by atoms with E-state index in [2.05, 4.69) is 5.32 Å². The van der Waals surface area contributed by atoms with Gasteiger partial charge in [-0.05, 0) is 37.6 Å². The molecule has 0 aliphatic carbocycles. The van der Waals surface area contributed by atoms with Crippen LogP contribution in [0, 0.1) is 0 Å². The van der Waals surface area contributed by atoms with Crippen molar-refractivity contribution in [2.75, 3.05) is 12.4 Å². The molecule has 1 N–H and O–H groups in total. The number of amides is 1. The fourth-order valence-electron chi connectivity index (χ4n) is 1.18. The van der Waals surface area contributed by atoms with E-state index in [1.54, 1.807) is 13.2 Å². The third kappa shape index (κ3) is 3.77. The number of allylic oxidation sites excluding steroid dienone is 1. The van der Waals surface area contributed by atoms with Crippen LogP contribution in [0.1, 0.15) is 20.3 Å². The molecule has 0 fully saturated rings. The van der Waals surface area contributed by atoms with E-state index in [9.17, 15) is 4.79 Å². The summed E-state index contributed by atoms with van der Waals surface area (Å²) in [6, 6.07) is 7.25. The average molecular weight is 219 g/mol. The summed E-state index contributed by atoms with van der Waals surface area (Å²) < 4.78 is 5.03. The van der Waals surface area contributed by atoms with Crippen molar-refractivity contribution in [2.45, 2.75) is 20.3 Å². The summed E-state index contributed by atoms with van der Waals surface area (Å²) in [6.45, 7) is 3.96. The smallest absolute Gasteiger partial charge is 0.248 e. The fourth-order valence-corrected chi connectivity index (χ4v) is 1.18. The van der Waals surface area contributed by atoms with Crippen molar-refractivity contribution in [3.63, 3.8) is 0 Å². The molecule has 0 heterocycles. The predicted molar refractivity (Wildman–Crippen MR) is 65.7 cm³/mol. The molecule has 1 rings (SSSR count). The van der Waals surface area contributed by atoms with Crippen LogP contribution in [-0.4, -0.2) is 13.0 Å². The van der Waals surface area contributed by atoms with E-state index in [1.807, 2.05) is 38.1 Å². The van der Waals surface area contributed by atoms with Crippen LogP contribution < -0.4 is 10.1 Å². The first kappa shape index (κ1) is 12.3. The molecule has 3 nitrogen and oxygen atoms in total. The minimum Gasteiger partial charge on any atom is -0.497 e. The summed E-state index contributed by atoms with van der Waals surface area (Å²) in [6.07, 6.45) is 2.50. The topological polar surface area (TPSA) is 38.3 Å². The maximum absolute atomic E-state index is 11.5. The lowest BCUT2D eigenvalue weighted by Crippen LogP contribution is -2.08. The van der Waals surface area contributed by atoms with Gasteiger partial charge in [-0.3, -0.25) is 4.79 Å². The van der Waals surface area contributed by atoms with E-state index in [0.29, 0.717) is 0 Å². The Hall–Kier alpha value is -1.77. The van der Waals surface area contributed by atoms with E-state index < -0.39 is 0 Å². The summed E-state index contributed by atoms with van der Waals surface area (Å²) >= 11 is 0. The molecular formula is C13H17NO2. The maximum Gasteiger partial charge on any atom is 0.248 e. The highest BCUT2D eigenvalue weighted by Crippen LogP contribution is 2.15. The van der Waals surface area contributed by atoms with Gasteiger partial charge >= 0.3 is 0 Å². The van der Waals surface area contributed by atoms with Crippen LogP contribution in [0.3, 0.4) is 0 Å². The van der Waals surface area contributed by atoms with Gasteiger partial charge in [-0.2, -0.15) is 0 Å². The molecule has 1 aromatic carbocycles. The lowest BCUT2D eigenvalue weighted by Gasteiger charge is -2.04. The van der Waals surface area contributed by atoms with Crippen LogP contribution in [0.4, 0.5) is 5.69 Å². The van der Waals surface area contributed by atoms with E-state index in [4.69, 9.17) is 4.74 Å². The van der Waals surface area contributed by atoms with Gasteiger partial charge in [-0.15, -0.1) is 0 Å². The third-order valence-corrected chi connectivity index (χ3v) is 2.29. The molecule has 0 aromatic heterocycles. The number of hydrogen-bond acceptors (Lipinski definition) is 2. The molecule has 1 aromatic rings. The number of hydrogen-bond donors (Lipinski definition) is 1. The van der Waals surface area contributed by atoms with E-state index in [1.165, 1.54) is 0 Å². The standard InChI is InChI=1S/C13H17NO2/c1-4-10(2)9-13(15)14-11-5-7-12(16-3)8-6-11/h5-9H,4H2,1-3H3,(H,14,15)/b10-9-. The van der Waals surface area contributed by atoms with Crippen molar-refractivity contribution in [1.29, 1.82) is 0 Å². The van der Waals surface area contributed by atoms with Crippen LogP contribution in [-0.2, 0) is 4.79 Å². The zero-order chi connectivity index (χ0) is 12.0. The van der Waals surface area contributed by atoms with Crippen molar-refractivity contribution in [1.82, 2.24) is 0 Å². The van der Waals surface area contributed by atoms with Gasteiger partial charge in [0.25, 0.3) is 0 Å². The second-order valence-corrected chi connectivity index (χ2v) is 3.56. The minimum absolute atomic E-state index is 0.0930. The molecule has 0 saturated heterocycles. The highest BCUT2D eigenvalue weighted by Gasteiger charge is 1.99. The van der Waals surface area contributed by atoms with Crippen LogP contribution in [0.2, 0.25) is 0 Å². The third-order valence-electron chi connectivity index (χ3n) is 2.29. The Kier molecular flexibility index (Phi) is 4.58. The summed E-state index contributed by atoms with van der Waals surface area (Å²) in [5, 5.41) is 2.79. The lowest BCUT2D eigenvalue weighted by atomic mass is 10.2. The van der Waals surface area contributed by atoms with E-state index in [0.717, 1.165) is 23.4 Å². The van der Waals surface area contributed by atoms with E-state index >= 15 is 0 Å². The molecule has 16 heavy (non-hydrogen) atoms. The Morgan fingerprint density at radius 1 is 1.38 bits per heavy atom. The summed E-state index contributed by atoms with van der Waals surface area (Å²) in [5.41, 5.74) is 1.83. The highest BCUT2D eigenvalue weighted by atomic mass is 16.5. The number of anilines is 1. The van der Waals surface area contributed by atoms with Gasteiger partial charge < -0.3 is 10.1 Å². The van der Waals surface area contributed by atoms with Crippen molar-refractivity contribution < 1.29 is 9.53 Å². The molecule has 0 aliphatic heterocycles. The number of ether oxygens (including phenoxy) is 1. The minimum atomic E-state index is -0.0930. The van der Waals surface area contributed by atoms with Crippen LogP contribution in [0.15, 0.2) is 35.9 Å². The van der Waals surface area contributed by atoms with Crippen molar-refractivity contribution in [3.8, 4) is 5.75 Å². The number of methoxy groups -OCH3 is 1. The Bertz CT molecular complexity index is 379. The largest absolute Gasteiger partial charge is 0.497 e. The number of benzene rings is 1. The molecule has 0 aliphatic rings. The number of rotatable bonds is 4. The monoisotopic (exact) mass is 219 g/mol. The molecule has 86 valence electrons. The molecular weight excluding hydrogens is 202 g/mol. The first-order valence-electron chi connectivity index (χ1n) is 5.28. The quantitative estimate of drug-likeness (QED) is 0.790.